The van der Waals surface area contributed by atoms with E-state index in [2.05, 4.69) is 15.3 Å². The van der Waals surface area contributed by atoms with Gasteiger partial charge >= 0.3 is 0 Å². The summed E-state index contributed by atoms with van der Waals surface area (Å²) in [6.45, 7) is 4.71. The summed E-state index contributed by atoms with van der Waals surface area (Å²) in [6, 6.07) is 3.84. The van der Waals surface area contributed by atoms with Crippen molar-refractivity contribution in [1.82, 2.24) is 19.9 Å². The highest BCUT2D eigenvalue weighted by atomic mass is 16.1. The number of hydrogen-bond donors (Lipinski definition) is 1. The number of nitrogens with zero attached hydrogens (tertiary/aromatic N) is 3. The van der Waals surface area contributed by atoms with Crippen molar-refractivity contribution in [3.05, 3.63) is 24.2 Å². The first-order valence-corrected chi connectivity index (χ1v) is 7.21. The van der Waals surface area contributed by atoms with Gasteiger partial charge in [-0.05, 0) is 25.0 Å². The molecule has 2 aromatic rings. The molecule has 0 aliphatic carbocycles. The van der Waals surface area contributed by atoms with E-state index in [4.69, 9.17) is 0 Å². The van der Waals surface area contributed by atoms with Gasteiger partial charge in [-0.3, -0.25) is 4.79 Å². The zero-order valence-corrected chi connectivity index (χ0v) is 12.4. The first kappa shape index (κ1) is 14.5. The Kier molecular flexibility index (Phi) is 4.71. The quantitative estimate of drug-likeness (QED) is 0.877. The van der Waals surface area contributed by atoms with Crippen molar-refractivity contribution in [2.45, 2.75) is 33.1 Å². The van der Waals surface area contributed by atoms with Crippen LogP contribution in [0.1, 0.15) is 32.5 Å². The third kappa shape index (κ3) is 2.98. The molecular formula is C15H22N4O. The van der Waals surface area contributed by atoms with E-state index in [1.807, 2.05) is 37.6 Å². The van der Waals surface area contributed by atoms with E-state index in [9.17, 15) is 4.79 Å². The standard InChI is InChI=1S/C15H22N4O/c1-4-11(5-2)15(20)17-10-8-13-18-12-7-6-9-16-14(12)19(13)3/h6-7,9,11H,4-5,8,10H2,1-3H3,(H,17,20). The minimum absolute atomic E-state index is 0.122. The van der Waals surface area contributed by atoms with Gasteiger partial charge in [0.25, 0.3) is 0 Å². The van der Waals surface area contributed by atoms with Gasteiger partial charge in [0.15, 0.2) is 5.65 Å². The average Bonchev–Trinajstić information content (AvgIpc) is 2.78. The molecule has 5 nitrogen and oxygen atoms in total. The maximum Gasteiger partial charge on any atom is 0.223 e. The lowest BCUT2D eigenvalue weighted by molar-refractivity contribution is -0.125. The van der Waals surface area contributed by atoms with E-state index in [0.717, 1.165) is 36.3 Å². The van der Waals surface area contributed by atoms with E-state index in [1.54, 1.807) is 6.20 Å². The second-order valence-corrected chi connectivity index (χ2v) is 4.99. The van der Waals surface area contributed by atoms with E-state index < -0.39 is 0 Å². The fourth-order valence-electron chi connectivity index (χ4n) is 2.40. The molecule has 20 heavy (non-hydrogen) atoms. The Labute approximate surface area is 119 Å². The van der Waals surface area contributed by atoms with Crippen LogP contribution in [0.15, 0.2) is 18.3 Å². The van der Waals surface area contributed by atoms with Crippen LogP contribution >= 0.6 is 0 Å². The lowest BCUT2D eigenvalue weighted by Gasteiger charge is -2.12. The highest BCUT2D eigenvalue weighted by molar-refractivity contribution is 5.78. The molecule has 1 amide bonds. The Bertz CT molecular complexity index is 587. The van der Waals surface area contributed by atoms with Gasteiger partial charge in [0.2, 0.25) is 5.91 Å². The van der Waals surface area contributed by atoms with Crippen LogP contribution in [0.4, 0.5) is 0 Å². The van der Waals surface area contributed by atoms with E-state index in [0.29, 0.717) is 6.54 Å². The van der Waals surface area contributed by atoms with Crippen molar-refractivity contribution in [1.29, 1.82) is 0 Å². The van der Waals surface area contributed by atoms with Crippen molar-refractivity contribution in [2.24, 2.45) is 13.0 Å². The molecule has 5 heteroatoms. The zero-order valence-electron chi connectivity index (χ0n) is 12.4. The number of aryl methyl sites for hydroxylation is 1. The molecule has 0 fully saturated rings. The fraction of sp³-hybridized carbons (Fsp3) is 0.533. The average molecular weight is 274 g/mol. The summed E-state index contributed by atoms with van der Waals surface area (Å²) in [5.74, 6) is 1.22. The maximum atomic E-state index is 11.9. The number of hydrogen-bond acceptors (Lipinski definition) is 3. The smallest absolute Gasteiger partial charge is 0.223 e. The summed E-state index contributed by atoms with van der Waals surface area (Å²) < 4.78 is 1.98. The monoisotopic (exact) mass is 274 g/mol. The molecule has 0 aliphatic rings. The predicted molar refractivity (Wildman–Crippen MR) is 79.3 cm³/mol. The lowest BCUT2D eigenvalue weighted by atomic mass is 10.0. The Balaban J connectivity index is 1.96. The normalized spacial score (nSPS) is 11.2. The summed E-state index contributed by atoms with van der Waals surface area (Å²) in [4.78, 5) is 20.8. The van der Waals surface area contributed by atoms with Crippen LogP contribution in [0.5, 0.6) is 0 Å². The van der Waals surface area contributed by atoms with E-state index >= 15 is 0 Å². The number of aromatic nitrogens is 3. The summed E-state index contributed by atoms with van der Waals surface area (Å²) in [6.07, 6.45) is 4.26. The molecule has 0 radical (unpaired) electrons. The van der Waals surface area contributed by atoms with Gasteiger partial charge in [-0.2, -0.15) is 0 Å². The Hall–Kier alpha value is -1.91. The maximum absolute atomic E-state index is 11.9. The summed E-state index contributed by atoms with van der Waals surface area (Å²) in [5, 5.41) is 2.99. The third-order valence-corrected chi connectivity index (χ3v) is 3.72. The molecular weight excluding hydrogens is 252 g/mol. The van der Waals surface area contributed by atoms with Crippen LogP contribution in [-0.2, 0) is 18.3 Å². The van der Waals surface area contributed by atoms with Crippen molar-refractivity contribution in [2.75, 3.05) is 6.54 Å². The van der Waals surface area contributed by atoms with Crippen LogP contribution in [-0.4, -0.2) is 27.0 Å². The fourth-order valence-corrected chi connectivity index (χ4v) is 2.40. The number of carbonyl (C=O) groups excluding carboxylic acids is 1. The first-order valence-electron chi connectivity index (χ1n) is 7.21. The minimum atomic E-state index is 0.122. The van der Waals surface area contributed by atoms with Gasteiger partial charge in [0, 0.05) is 32.1 Å². The van der Waals surface area contributed by atoms with Crippen molar-refractivity contribution in [3.63, 3.8) is 0 Å². The number of imidazole rings is 1. The molecule has 1 N–H and O–H groups in total. The van der Waals surface area contributed by atoms with Crippen LogP contribution in [0.25, 0.3) is 11.2 Å². The van der Waals surface area contributed by atoms with Gasteiger partial charge in [-0.25, -0.2) is 9.97 Å². The second-order valence-electron chi connectivity index (χ2n) is 4.99. The molecule has 0 aromatic carbocycles. The molecule has 2 rings (SSSR count). The topological polar surface area (TPSA) is 59.8 Å². The Morgan fingerprint density at radius 2 is 2.15 bits per heavy atom. The molecule has 0 spiro atoms. The molecule has 2 heterocycles. The first-order chi connectivity index (χ1) is 9.67. The minimum Gasteiger partial charge on any atom is -0.355 e. The summed E-state index contributed by atoms with van der Waals surface area (Å²) in [7, 11) is 1.96. The molecule has 108 valence electrons. The van der Waals surface area contributed by atoms with Gasteiger partial charge in [0.1, 0.15) is 11.3 Å². The van der Waals surface area contributed by atoms with Crippen LogP contribution in [0, 0.1) is 5.92 Å². The Morgan fingerprint density at radius 1 is 1.40 bits per heavy atom. The largest absolute Gasteiger partial charge is 0.355 e. The second kappa shape index (κ2) is 6.50. The van der Waals surface area contributed by atoms with E-state index in [1.165, 1.54) is 0 Å². The number of nitrogens with one attached hydrogen (secondary N) is 1. The number of carbonyl (C=O) groups is 1. The molecule has 0 aliphatic heterocycles. The van der Waals surface area contributed by atoms with Crippen molar-refractivity contribution >= 4 is 17.1 Å². The van der Waals surface area contributed by atoms with Crippen LogP contribution < -0.4 is 5.32 Å². The molecule has 2 aromatic heterocycles. The zero-order chi connectivity index (χ0) is 14.5. The lowest BCUT2D eigenvalue weighted by Crippen LogP contribution is -2.32. The number of fused-ring (bicyclic) bond motifs is 1. The van der Waals surface area contributed by atoms with Gasteiger partial charge in [0.05, 0.1) is 0 Å². The van der Waals surface area contributed by atoms with Gasteiger partial charge in [-0.1, -0.05) is 13.8 Å². The molecule has 0 atom stereocenters. The Morgan fingerprint density at radius 3 is 2.80 bits per heavy atom. The van der Waals surface area contributed by atoms with Crippen LogP contribution in [0.2, 0.25) is 0 Å². The SMILES string of the molecule is CCC(CC)C(=O)NCCc1nc2cccnc2n1C. The molecule has 0 bridgehead atoms. The molecule has 0 unspecified atom stereocenters. The number of rotatable bonds is 6. The summed E-state index contributed by atoms with van der Waals surface area (Å²) >= 11 is 0. The highest BCUT2D eigenvalue weighted by Gasteiger charge is 2.14. The van der Waals surface area contributed by atoms with Gasteiger partial charge in [-0.15, -0.1) is 0 Å². The third-order valence-electron chi connectivity index (χ3n) is 3.72. The highest BCUT2D eigenvalue weighted by Crippen LogP contribution is 2.12. The van der Waals surface area contributed by atoms with Crippen molar-refractivity contribution in [3.8, 4) is 0 Å². The number of pyridine rings is 1. The molecule has 0 saturated carbocycles. The predicted octanol–water partition coefficient (Wildman–Crippen LogP) is 2.06. The number of amides is 1. The summed E-state index contributed by atoms with van der Waals surface area (Å²) in [5.41, 5.74) is 1.78. The van der Waals surface area contributed by atoms with E-state index in [-0.39, 0.29) is 11.8 Å². The van der Waals surface area contributed by atoms with Crippen molar-refractivity contribution < 1.29 is 4.79 Å². The van der Waals surface area contributed by atoms with Crippen LogP contribution in [0.3, 0.4) is 0 Å². The molecule has 0 saturated heterocycles. The van der Waals surface area contributed by atoms with Gasteiger partial charge < -0.3 is 9.88 Å².